The molecule has 0 aliphatic carbocycles. The Morgan fingerprint density at radius 3 is 2.87 bits per heavy atom. The Bertz CT molecular complexity index is 1200. The van der Waals surface area contributed by atoms with E-state index >= 15 is 0 Å². The largest absolute Gasteiger partial charge is 0.772 e. The molecule has 1 N–H and O–H groups in total. The summed E-state index contributed by atoms with van der Waals surface area (Å²) >= 11 is 3.84. The predicted molar refractivity (Wildman–Crippen MR) is 114 cm³/mol. The molecule has 1 aromatic heterocycles. The van der Waals surface area contributed by atoms with E-state index in [-0.39, 0.29) is 17.5 Å². The van der Waals surface area contributed by atoms with Gasteiger partial charge < -0.3 is 14.4 Å². The van der Waals surface area contributed by atoms with Crippen LogP contribution >= 0.6 is 11.6 Å². The topological polar surface area (TPSA) is 106 Å². The highest BCUT2D eigenvalue weighted by Gasteiger charge is 2.31. The fourth-order valence-corrected chi connectivity index (χ4v) is 4.56. The number of aromatic amines is 1. The van der Waals surface area contributed by atoms with Gasteiger partial charge in [-0.2, -0.15) is 0 Å². The van der Waals surface area contributed by atoms with Crippen LogP contribution in [0.15, 0.2) is 47.3 Å². The van der Waals surface area contributed by atoms with Crippen LogP contribution < -0.4 is 5.56 Å². The van der Waals surface area contributed by atoms with E-state index in [1.807, 2.05) is 18.2 Å². The van der Waals surface area contributed by atoms with Crippen molar-refractivity contribution in [3.63, 3.8) is 0 Å². The molecule has 9 heteroatoms. The van der Waals surface area contributed by atoms with Crippen LogP contribution in [-0.4, -0.2) is 42.1 Å². The average molecular weight is 445 g/mol. The van der Waals surface area contributed by atoms with Gasteiger partial charge >= 0.3 is 0 Å². The summed E-state index contributed by atoms with van der Waals surface area (Å²) in [6.45, 7) is 0.567. The molecule has 0 saturated carbocycles. The lowest BCUT2D eigenvalue weighted by Crippen LogP contribution is -2.40. The van der Waals surface area contributed by atoms with Crippen molar-refractivity contribution in [3.8, 4) is 0 Å². The monoisotopic (exact) mass is 444 g/mol. The van der Waals surface area contributed by atoms with E-state index in [0.717, 1.165) is 18.4 Å². The number of benzene rings is 2. The van der Waals surface area contributed by atoms with Crippen LogP contribution in [0.5, 0.6) is 0 Å². The Morgan fingerprint density at radius 1 is 1.27 bits per heavy atom. The molecule has 2 aromatic carbocycles. The van der Waals surface area contributed by atoms with Gasteiger partial charge in [-0.15, -0.1) is 0 Å². The number of rotatable bonds is 5. The maximum Gasteiger partial charge on any atom is 0.280 e. The molecule has 1 fully saturated rings. The van der Waals surface area contributed by atoms with E-state index in [9.17, 15) is 18.4 Å². The number of H-pyrrole nitrogens is 1. The third-order valence-electron chi connectivity index (χ3n) is 5.24. The van der Waals surface area contributed by atoms with Gasteiger partial charge in [0.25, 0.3) is 11.5 Å². The molecule has 1 saturated heterocycles. The minimum atomic E-state index is -2.23. The standard InChI is InChI=1S/C21H20ClN3O4S/c22-15-4-1-3-13(9-15)10-16-5-2-8-25(16)21(27)19-20(26)24-18-11-14(12-30(28)29)6-7-17(18)23-19/h1,3-4,6-7,9,11,16H,2,5,8,10,12H2,(H,24,26)(H,28,29)/p-1. The maximum atomic E-state index is 13.1. The lowest BCUT2D eigenvalue weighted by Gasteiger charge is -2.24. The first kappa shape index (κ1) is 20.7. The summed E-state index contributed by atoms with van der Waals surface area (Å²) in [5, 5.41) is 0.649. The van der Waals surface area contributed by atoms with Crippen molar-refractivity contribution in [1.29, 1.82) is 0 Å². The van der Waals surface area contributed by atoms with Crippen molar-refractivity contribution in [2.75, 3.05) is 6.54 Å². The van der Waals surface area contributed by atoms with Gasteiger partial charge in [-0.25, -0.2) is 4.98 Å². The van der Waals surface area contributed by atoms with Crippen LogP contribution in [0.3, 0.4) is 0 Å². The van der Waals surface area contributed by atoms with E-state index in [1.54, 1.807) is 29.2 Å². The number of nitrogens with zero attached hydrogens (tertiary/aromatic N) is 2. The average Bonchev–Trinajstić information content (AvgIpc) is 3.14. The molecule has 0 spiro atoms. The van der Waals surface area contributed by atoms with Gasteiger partial charge in [-0.1, -0.05) is 40.9 Å². The van der Waals surface area contributed by atoms with E-state index in [4.69, 9.17) is 11.6 Å². The van der Waals surface area contributed by atoms with Crippen LogP contribution in [0.2, 0.25) is 5.02 Å². The van der Waals surface area contributed by atoms with Gasteiger partial charge in [-0.3, -0.25) is 13.8 Å². The highest BCUT2D eigenvalue weighted by Crippen LogP contribution is 2.24. The molecule has 1 aliphatic heterocycles. The minimum Gasteiger partial charge on any atom is -0.772 e. The second-order valence-corrected chi connectivity index (χ2v) is 8.68. The lowest BCUT2D eigenvalue weighted by molar-refractivity contribution is 0.0729. The molecule has 4 rings (SSSR count). The number of nitrogens with one attached hydrogen (secondary N) is 1. The van der Waals surface area contributed by atoms with Crippen molar-refractivity contribution in [2.24, 2.45) is 0 Å². The SMILES string of the molecule is O=C(c1nc2ccc(CS(=O)[O-])cc2[nH]c1=O)N1CCCC1Cc1cccc(Cl)c1. The number of aromatic nitrogens is 2. The number of amides is 1. The second kappa shape index (κ2) is 8.67. The Morgan fingerprint density at radius 2 is 2.10 bits per heavy atom. The highest BCUT2D eigenvalue weighted by molar-refractivity contribution is 7.78. The fraction of sp³-hybridized carbons (Fsp3) is 0.286. The molecule has 1 amide bonds. The van der Waals surface area contributed by atoms with Crippen LogP contribution in [0.4, 0.5) is 0 Å². The zero-order valence-corrected chi connectivity index (χ0v) is 17.5. The second-order valence-electron chi connectivity index (χ2n) is 7.34. The van der Waals surface area contributed by atoms with Crippen molar-refractivity contribution in [3.05, 3.63) is 74.7 Å². The zero-order chi connectivity index (χ0) is 21.3. The summed E-state index contributed by atoms with van der Waals surface area (Å²) in [5.74, 6) is -0.551. The normalized spacial score (nSPS) is 17.4. The molecule has 0 radical (unpaired) electrons. The number of likely N-dealkylation sites (tertiary alicyclic amines) is 1. The summed E-state index contributed by atoms with van der Waals surface area (Å²) in [6, 6.07) is 12.3. The number of carbonyl (C=O) groups is 1. The minimum absolute atomic E-state index is 0.0257. The zero-order valence-electron chi connectivity index (χ0n) is 16.0. The van der Waals surface area contributed by atoms with Crippen molar-refractivity contribution in [2.45, 2.75) is 31.1 Å². The Balaban J connectivity index is 1.60. The van der Waals surface area contributed by atoms with Gasteiger partial charge in [0.15, 0.2) is 5.69 Å². The Hall–Kier alpha value is -2.55. The molecule has 2 atom stereocenters. The molecule has 156 valence electrons. The molecular weight excluding hydrogens is 426 g/mol. The van der Waals surface area contributed by atoms with Gasteiger partial charge in [-0.05, 0) is 54.7 Å². The predicted octanol–water partition coefficient (Wildman–Crippen LogP) is 2.80. The van der Waals surface area contributed by atoms with Gasteiger partial charge in [0, 0.05) is 23.4 Å². The van der Waals surface area contributed by atoms with E-state index in [0.29, 0.717) is 34.6 Å². The molecule has 30 heavy (non-hydrogen) atoms. The summed E-state index contributed by atoms with van der Waals surface area (Å²) < 4.78 is 21.8. The summed E-state index contributed by atoms with van der Waals surface area (Å²) in [7, 11) is 0. The fourth-order valence-electron chi connectivity index (χ4n) is 3.89. The molecule has 2 heterocycles. The number of hydrogen-bond acceptors (Lipinski definition) is 5. The van der Waals surface area contributed by atoms with E-state index in [1.165, 1.54) is 0 Å². The van der Waals surface area contributed by atoms with E-state index < -0.39 is 22.5 Å². The van der Waals surface area contributed by atoms with E-state index in [2.05, 4.69) is 9.97 Å². The first-order chi connectivity index (χ1) is 14.4. The molecule has 1 aliphatic rings. The first-order valence-electron chi connectivity index (χ1n) is 9.55. The van der Waals surface area contributed by atoms with Crippen LogP contribution in [0, 0.1) is 0 Å². The Labute approximate surface area is 180 Å². The summed E-state index contributed by atoms with van der Waals surface area (Å²) in [5.41, 5.74) is 1.67. The molecule has 7 nitrogen and oxygen atoms in total. The highest BCUT2D eigenvalue weighted by atomic mass is 35.5. The van der Waals surface area contributed by atoms with Crippen molar-refractivity contribution >= 4 is 39.6 Å². The quantitative estimate of drug-likeness (QED) is 0.609. The smallest absolute Gasteiger partial charge is 0.280 e. The maximum absolute atomic E-state index is 13.1. The number of halogens is 1. The van der Waals surface area contributed by atoms with Gasteiger partial charge in [0.2, 0.25) is 0 Å². The lowest BCUT2D eigenvalue weighted by atomic mass is 10.0. The van der Waals surface area contributed by atoms with Crippen LogP contribution in [0.1, 0.15) is 34.5 Å². The Kier molecular flexibility index (Phi) is 5.99. The first-order valence-corrected chi connectivity index (χ1v) is 11.2. The van der Waals surface area contributed by atoms with Crippen LogP contribution in [-0.2, 0) is 23.3 Å². The third-order valence-corrected chi connectivity index (χ3v) is 6.05. The number of fused-ring (bicyclic) bond motifs is 1. The summed E-state index contributed by atoms with van der Waals surface area (Å²) in [4.78, 5) is 34.4. The van der Waals surface area contributed by atoms with Gasteiger partial charge in [0.1, 0.15) is 0 Å². The molecule has 0 bridgehead atoms. The van der Waals surface area contributed by atoms with Crippen molar-refractivity contribution < 1.29 is 13.6 Å². The van der Waals surface area contributed by atoms with Crippen LogP contribution in [0.25, 0.3) is 11.0 Å². The molecular formula is C21H19ClN3O4S-. The number of carbonyl (C=O) groups excluding carboxylic acids is 1. The summed E-state index contributed by atoms with van der Waals surface area (Å²) in [6.07, 6.45) is 2.37. The molecule has 3 aromatic rings. The van der Waals surface area contributed by atoms with Crippen molar-refractivity contribution in [1.82, 2.24) is 14.9 Å². The third kappa shape index (κ3) is 4.45. The number of hydrogen-bond donors (Lipinski definition) is 1. The molecule has 2 unspecified atom stereocenters. The van der Waals surface area contributed by atoms with Gasteiger partial charge in [0.05, 0.1) is 11.0 Å².